The maximum atomic E-state index is 11.9. The molecule has 0 atom stereocenters. The largest absolute Gasteiger partial charge is 0.444 e. The van der Waals surface area contributed by atoms with E-state index >= 15 is 0 Å². The van der Waals surface area contributed by atoms with Crippen LogP contribution in [0.5, 0.6) is 0 Å². The number of hydrogen-bond donors (Lipinski definition) is 0. The van der Waals surface area contributed by atoms with Crippen LogP contribution in [0.3, 0.4) is 0 Å². The SMILES string of the molecule is CC(C)(C)OC(=O)N1CC(I)C1.CC(C)(C)OC(=O)N1CC(c2nc3ccccc3nc2Cl)C1.Clc1nc2ccccc2nc1Cl. The van der Waals surface area contributed by atoms with E-state index in [0.29, 0.717) is 22.2 Å². The van der Waals surface area contributed by atoms with Crippen LogP contribution in [0.15, 0.2) is 48.5 Å². The molecular weight excluding hydrogens is 766 g/mol. The van der Waals surface area contributed by atoms with Crippen LogP contribution >= 0.6 is 57.4 Å². The summed E-state index contributed by atoms with van der Waals surface area (Å²) in [6, 6.07) is 15.0. The molecule has 14 heteroatoms. The highest BCUT2D eigenvalue weighted by Crippen LogP contribution is 2.32. The lowest BCUT2D eigenvalue weighted by molar-refractivity contribution is 0.00775. The first-order valence-electron chi connectivity index (χ1n) is 14.6. The van der Waals surface area contributed by atoms with Gasteiger partial charge in [-0.2, -0.15) is 0 Å². The first-order valence-corrected chi connectivity index (χ1v) is 17.0. The molecule has 4 heterocycles. The minimum absolute atomic E-state index is 0.108. The van der Waals surface area contributed by atoms with Crippen LogP contribution in [-0.4, -0.2) is 83.2 Å². The molecule has 0 saturated carbocycles. The van der Waals surface area contributed by atoms with Gasteiger partial charge in [0.1, 0.15) is 11.2 Å². The molecule has 2 fully saturated rings. The number of carbonyl (C=O) groups is 2. The summed E-state index contributed by atoms with van der Waals surface area (Å²) in [5, 5.41) is 0.901. The average Bonchev–Trinajstić information content (AvgIpc) is 2.90. The Bertz CT molecular complexity index is 1660. The van der Waals surface area contributed by atoms with Crippen molar-refractivity contribution >= 4 is 91.6 Å². The molecule has 0 unspecified atom stereocenters. The van der Waals surface area contributed by atoms with E-state index in [1.54, 1.807) is 9.80 Å². The Morgan fingerprint density at radius 1 is 0.652 bits per heavy atom. The second kappa shape index (κ2) is 15.0. The molecule has 2 amide bonds. The predicted molar refractivity (Wildman–Crippen MR) is 190 cm³/mol. The average molecular weight is 802 g/mol. The van der Waals surface area contributed by atoms with Crippen molar-refractivity contribution in [2.45, 2.75) is 62.6 Å². The molecule has 0 N–H and O–H groups in total. The predicted octanol–water partition coefficient (Wildman–Crippen LogP) is 8.59. The molecule has 2 aromatic carbocycles. The Balaban J connectivity index is 0.000000170. The van der Waals surface area contributed by atoms with E-state index < -0.39 is 5.60 Å². The van der Waals surface area contributed by atoms with Crippen molar-refractivity contribution in [3.05, 3.63) is 69.7 Å². The highest BCUT2D eigenvalue weighted by Gasteiger charge is 2.37. The summed E-state index contributed by atoms with van der Waals surface area (Å²) in [6.07, 6.45) is -0.482. The maximum absolute atomic E-state index is 11.9. The first-order chi connectivity index (χ1) is 21.5. The summed E-state index contributed by atoms with van der Waals surface area (Å²) in [6.45, 7) is 14.0. The van der Waals surface area contributed by atoms with Crippen LogP contribution < -0.4 is 0 Å². The first kappa shape index (κ1) is 36.1. The Morgan fingerprint density at radius 3 is 1.37 bits per heavy atom. The third kappa shape index (κ3) is 10.1. The van der Waals surface area contributed by atoms with Gasteiger partial charge in [-0.25, -0.2) is 29.5 Å². The van der Waals surface area contributed by atoms with Crippen LogP contribution in [0, 0.1) is 0 Å². The molecule has 46 heavy (non-hydrogen) atoms. The number of likely N-dealkylation sites (tertiary alicyclic amines) is 2. The zero-order chi connectivity index (χ0) is 33.8. The second-order valence-corrected chi connectivity index (χ2v) is 15.6. The van der Waals surface area contributed by atoms with Gasteiger partial charge < -0.3 is 19.3 Å². The minimum atomic E-state index is -0.484. The fraction of sp³-hybridized carbons (Fsp3) is 0.438. The molecule has 2 aromatic heterocycles. The third-order valence-electron chi connectivity index (χ3n) is 6.45. The molecule has 0 bridgehead atoms. The summed E-state index contributed by atoms with van der Waals surface area (Å²) in [5.74, 6) is 0.108. The highest BCUT2D eigenvalue weighted by molar-refractivity contribution is 14.1. The summed E-state index contributed by atoms with van der Waals surface area (Å²) in [5.41, 5.74) is 3.01. The van der Waals surface area contributed by atoms with Crippen LogP contribution in [-0.2, 0) is 9.47 Å². The molecular formula is C32H36Cl3IN6O4. The van der Waals surface area contributed by atoms with Crippen LogP contribution in [0.2, 0.25) is 15.5 Å². The lowest BCUT2D eigenvalue weighted by Crippen LogP contribution is -2.52. The summed E-state index contributed by atoms with van der Waals surface area (Å²) in [4.78, 5) is 43.7. The van der Waals surface area contributed by atoms with Gasteiger partial charge in [-0.15, -0.1) is 0 Å². The van der Waals surface area contributed by atoms with Crippen molar-refractivity contribution < 1.29 is 19.1 Å². The molecule has 4 aromatic rings. The Labute approximate surface area is 297 Å². The molecule has 246 valence electrons. The van der Waals surface area contributed by atoms with E-state index in [-0.39, 0.29) is 34.0 Å². The van der Waals surface area contributed by atoms with Gasteiger partial charge in [0.15, 0.2) is 15.5 Å². The van der Waals surface area contributed by atoms with Gasteiger partial charge in [0.25, 0.3) is 0 Å². The zero-order valence-electron chi connectivity index (χ0n) is 26.4. The standard InChI is InChI=1S/C16H18ClN3O2.C8H4Cl2N2.C8H14INO2/c1-16(2,3)22-15(21)20-8-10(9-20)13-14(17)19-12-7-5-4-6-11(12)18-13;9-7-8(10)12-6-4-2-1-3-5(6)11-7;1-8(2,3)12-7(11)10-4-6(9)5-10/h4-7,10H,8-9H2,1-3H3;1-4H;6H,4-5H2,1-3H3. The second-order valence-electron chi connectivity index (χ2n) is 12.7. The normalized spacial score (nSPS) is 15.2. The number of alkyl halides is 1. The molecule has 2 aliphatic heterocycles. The number of rotatable bonds is 1. The van der Waals surface area contributed by atoms with Gasteiger partial charge in [-0.1, -0.05) is 81.7 Å². The zero-order valence-corrected chi connectivity index (χ0v) is 30.9. The molecule has 2 aliphatic rings. The number of fused-ring (bicyclic) bond motifs is 2. The number of aromatic nitrogens is 4. The lowest BCUT2D eigenvalue weighted by atomic mass is 9.97. The summed E-state index contributed by atoms with van der Waals surface area (Å²) in [7, 11) is 0. The molecule has 0 spiro atoms. The van der Waals surface area contributed by atoms with Crippen molar-refractivity contribution in [1.29, 1.82) is 0 Å². The number of para-hydroxylation sites is 4. The van der Waals surface area contributed by atoms with Crippen molar-refractivity contribution in [2.75, 3.05) is 26.2 Å². The number of hydrogen-bond acceptors (Lipinski definition) is 8. The number of amides is 2. The van der Waals surface area contributed by atoms with E-state index in [4.69, 9.17) is 44.3 Å². The van der Waals surface area contributed by atoms with Crippen LogP contribution in [0.25, 0.3) is 22.1 Å². The van der Waals surface area contributed by atoms with Crippen molar-refractivity contribution in [2.24, 2.45) is 0 Å². The lowest BCUT2D eigenvalue weighted by Gasteiger charge is -2.39. The number of carbonyl (C=O) groups excluding carboxylic acids is 2. The Kier molecular flexibility index (Phi) is 11.8. The fourth-order valence-electron chi connectivity index (χ4n) is 4.24. The number of nitrogens with zero attached hydrogens (tertiary/aromatic N) is 6. The minimum Gasteiger partial charge on any atom is -0.444 e. The van der Waals surface area contributed by atoms with Crippen LogP contribution in [0.1, 0.15) is 53.2 Å². The third-order valence-corrected chi connectivity index (χ3v) is 8.14. The molecule has 6 rings (SSSR count). The number of benzene rings is 2. The van der Waals surface area contributed by atoms with Gasteiger partial charge >= 0.3 is 12.2 Å². The van der Waals surface area contributed by atoms with E-state index in [0.717, 1.165) is 40.9 Å². The Hall–Kier alpha value is -2.74. The smallest absolute Gasteiger partial charge is 0.410 e. The highest BCUT2D eigenvalue weighted by atomic mass is 127. The number of ether oxygens (including phenoxy) is 2. The maximum Gasteiger partial charge on any atom is 0.410 e. The summed E-state index contributed by atoms with van der Waals surface area (Å²) < 4.78 is 11.1. The van der Waals surface area contributed by atoms with Gasteiger partial charge in [0, 0.05) is 36.0 Å². The van der Waals surface area contributed by atoms with Gasteiger partial charge in [0.2, 0.25) is 0 Å². The van der Waals surface area contributed by atoms with Gasteiger partial charge in [-0.3, -0.25) is 0 Å². The van der Waals surface area contributed by atoms with Crippen LogP contribution in [0.4, 0.5) is 9.59 Å². The summed E-state index contributed by atoms with van der Waals surface area (Å²) >= 11 is 19.9. The van der Waals surface area contributed by atoms with Crippen molar-refractivity contribution in [3.63, 3.8) is 0 Å². The van der Waals surface area contributed by atoms with Gasteiger partial charge in [-0.05, 0) is 65.8 Å². The Morgan fingerprint density at radius 2 is 1.00 bits per heavy atom. The molecule has 10 nitrogen and oxygen atoms in total. The fourth-order valence-corrected chi connectivity index (χ4v) is 5.74. The quantitative estimate of drug-likeness (QED) is 0.139. The van der Waals surface area contributed by atoms with Crippen molar-refractivity contribution in [1.82, 2.24) is 29.7 Å². The molecule has 0 radical (unpaired) electrons. The van der Waals surface area contributed by atoms with E-state index in [9.17, 15) is 9.59 Å². The van der Waals surface area contributed by atoms with E-state index in [2.05, 4.69) is 42.5 Å². The van der Waals surface area contributed by atoms with Crippen molar-refractivity contribution in [3.8, 4) is 0 Å². The topological polar surface area (TPSA) is 111 Å². The van der Waals surface area contributed by atoms with E-state index in [1.165, 1.54) is 0 Å². The molecule has 2 saturated heterocycles. The molecule has 0 aliphatic carbocycles. The van der Waals surface area contributed by atoms with Gasteiger partial charge in [0.05, 0.1) is 27.8 Å². The van der Waals surface area contributed by atoms with E-state index in [1.807, 2.05) is 90.1 Å². The monoisotopic (exact) mass is 800 g/mol. The number of halogens is 4.